The first-order chi connectivity index (χ1) is 14.7. The number of nitrogens with zero attached hydrogens (tertiary/aromatic N) is 3. The Balaban J connectivity index is 1.24. The van der Waals surface area contributed by atoms with Gasteiger partial charge in [-0.25, -0.2) is 4.98 Å². The topological polar surface area (TPSA) is 68.6 Å². The number of ether oxygens (including phenoxy) is 2. The van der Waals surface area contributed by atoms with Crippen molar-refractivity contribution < 1.29 is 14.3 Å². The molecule has 2 aromatic carbocycles. The molecule has 7 heteroatoms. The third kappa shape index (κ3) is 3.44. The number of nitrogens with one attached hydrogen (secondary N) is 1. The third-order valence-electron chi connectivity index (χ3n) is 5.91. The van der Waals surface area contributed by atoms with Crippen LogP contribution in [0.15, 0.2) is 42.5 Å². The van der Waals surface area contributed by atoms with E-state index in [2.05, 4.69) is 39.9 Å². The highest BCUT2D eigenvalue weighted by atomic mass is 16.6. The summed E-state index contributed by atoms with van der Waals surface area (Å²) in [5.41, 5.74) is 2.93. The molecule has 0 aliphatic carbocycles. The van der Waals surface area contributed by atoms with Gasteiger partial charge >= 0.3 is 0 Å². The molecule has 0 unspecified atom stereocenters. The SMILES string of the molecule is CCn1c(N2CCC(C(=O)Nc3ccc4c(c3)OCCO4)CC2)nc2ccccc21. The molecule has 0 radical (unpaired) electrons. The Morgan fingerprint density at radius 1 is 1.10 bits per heavy atom. The number of fused-ring (bicyclic) bond motifs is 2. The van der Waals surface area contributed by atoms with Gasteiger partial charge in [-0.2, -0.15) is 0 Å². The number of benzene rings is 2. The Kier molecular flexibility index (Phi) is 4.94. The summed E-state index contributed by atoms with van der Waals surface area (Å²) in [7, 11) is 0. The van der Waals surface area contributed by atoms with Crippen LogP contribution in [0, 0.1) is 5.92 Å². The fourth-order valence-electron chi connectivity index (χ4n) is 4.32. The number of para-hydroxylation sites is 2. The van der Waals surface area contributed by atoms with Crippen LogP contribution in [0.2, 0.25) is 0 Å². The van der Waals surface area contributed by atoms with E-state index in [9.17, 15) is 4.79 Å². The third-order valence-corrected chi connectivity index (χ3v) is 5.91. The van der Waals surface area contributed by atoms with Crippen LogP contribution in [-0.2, 0) is 11.3 Å². The summed E-state index contributed by atoms with van der Waals surface area (Å²) >= 11 is 0. The number of piperidine rings is 1. The molecule has 0 spiro atoms. The first-order valence-corrected chi connectivity index (χ1v) is 10.6. The fourth-order valence-corrected chi connectivity index (χ4v) is 4.32. The van der Waals surface area contributed by atoms with Gasteiger partial charge in [0.2, 0.25) is 11.9 Å². The number of hydrogen-bond donors (Lipinski definition) is 1. The Labute approximate surface area is 175 Å². The smallest absolute Gasteiger partial charge is 0.227 e. The predicted octanol–water partition coefficient (Wildman–Crippen LogP) is 3.68. The van der Waals surface area contributed by atoms with Gasteiger partial charge in [0, 0.05) is 37.3 Å². The maximum atomic E-state index is 12.8. The minimum atomic E-state index is -0.00564. The second kappa shape index (κ2) is 7.89. The van der Waals surface area contributed by atoms with Crippen molar-refractivity contribution in [2.75, 3.05) is 36.5 Å². The molecule has 1 saturated heterocycles. The number of anilines is 2. The van der Waals surface area contributed by atoms with Gasteiger partial charge in [0.15, 0.2) is 11.5 Å². The Bertz CT molecular complexity index is 1070. The number of imidazole rings is 1. The summed E-state index contributed by atoms with van der Waals surface area (Å²) in [5.74, 6) is 2.48. The van der Waals surface area contributed by atoms with Crippen LogP contribution in [0.1, 0.15) is 19.8 Å². The van der Waals surface area contributed by atoms with E-state index in [1.165, 1.54) is 0 Å². The van der Waals surface area contributed by atoms with Crippen molar-refractivity contribution in [3.05, 3.63) is 42.5 Å². The molecule has 3 heterocycles. The van der Waals surface area contributed by atoms with Crippen LogP contribution in [0.25, 0.3) is 11.0 Å². The van der Waals surface area contributed by atoms with E-state index < -0.39 is 0 Å². The fraction of sp³-hybridized carbons (Fsp3) is 0.391. The molecule has 1 fully saturated rings. The maximum Gasteiger partial charge on any atom is 0.227 e. The lowest BCUT2D eigenvalue weighted by molar-refractivity contribution is -0.120. The second-order valence-corrected chi connectivity index (χ2v) is 7.75. The molecule has 7 nitrogen and oxygen atoms in total. The zero-order valence-corrected chi connectivity index (χ0v) is 17.1. The molecule has 1 aromatic heterocycles. The van der Waals surface area contributed by atoms with Gasteiger partial charge in [-0.05, 0) is 44.0 Å². The molecule has 2 aliphatic rings. The van der Waals surface area contributed by atoms with Crippen molar-refractivity contribution in [2.24, 2.45) is 5.92 Å². The molecule has 5 rings (SSSR count). The van der Waals surface area contributed by atoms with Crippen LogP contribution in [0.4, 0.5) is 11.6 Å². The molecular weight excluding hydrogens is 380 g/mol. The lowest BCUT2D eigenvalue weighted by Crippen LogP contribution is -2.39. The van der Waals surface area contributed by atoms with E-state index in [4.69, 9.17) is 14.5 Å². The number of aryl methyl sites for hydroxylation is 1. The van der Waals surface area contributed by atoms with E-state index in [-0.39, 0.29) is 11.8 Å². The Morgan fingerprint density at radius 3 is 2.67 bits per heavy atom. The van der Waals surface area contributed by atoms with Crippen LogP contribution in [0.5, 0.6) is 11.5 Å². The van der Waals surface area contributed by atoms with Crippen molar-refractivity contribution in [3.63, 3.8) is 0 Å². The molecule has 3 aromatic rings. The first kappa shape index (κ1) is 18.8. The first-order valence-electron chi connectivity index (χ1n) is 10.6. The second-order valence-electron chi connectivity index (χ2n) is 7.75. The largest absolute Gasteiger partial charge is 0.486 e. The van der Waals surface area contributed by atoms with Gasteiger partial charge in [0.1, 0.15) is 13.2 Å². The summed E-state index contributed by atoms with van der Waals surface area (Å²) < 4.78 is 13.4. The zero-order valence-electron chi connectivity index (χ0n) is 17.1. The molecule has 156 valence electrons. The van der Waals surface area contributed by atoms with Crippen molar-refractivity contribution in [1.82, 2.24) is 9.55 Å². The molecule has 1 N–H and O–H groups in total. The Hall–Kier alpha value is -3.22. The minimum absolute atomic E-state index is 0.00564. The average Bonchev–Trinajstić information content (AvgIpc) is 3.18. The molecule has 0 bridgehead atoms. The molecular formula is C23H26N4O3. The quantitative estimate of drug-likeness (QED) is 0.716. The van der Waals surface area contributed by atoms with Gasteiger partial charge < -0.3 is 24.3 Å². The summed E-state index contributed by atoms with van der Waals surface area (Å²) in [6.45, 7) is 5.76. The molecule has 30 heavy (non-hydrogen) atoms. The maximum absolute atomic E-state index is 12.8. The van der Waals surface area contributed by atoms with E-state index in [1.807, 2.05) is 24.3 Å². The summed E-state index contributed by atoms with van der Waals surface area (Å²) in [5, 5.41) is 3.05. The van der Waals surface area contributed by atoms with E-state index in [0.717, 1.165) is 60.9 Å². The van der Waals surface area contributed by atoms with Crippen molar-refractivity contribution in [2.45, 2.75) is 26.3 Å². The lowest BCUT2D eigenvalue weighted by Gasteiger charge is -2.32. The number of hydrogen-bond acceptors (Lipinski definition) is 5. The summed E-state index contributed by atoms with van der Waals surface area (Å²) in [6, 6.07) is 13.8. The summed E-state index contributed by atoms with van der Waals surface area (Å²) in [4.78, 5) is 20.0. The highest BCUT2D eigenvalue weighted by Gasteiger charge is 2.28. The summed E-state index contributed by atoms with van der Waals surface area (Å²) in [6.07, 6.45) is 1.62. The van der Waals surface area contributed by atoms with Crippen molar-refractivity contribution in [1.29, 1.82) is 0 Å². The van der Waals surface area contributed by atoms with Gasteiger partial charge in [0.25, 0.3) is 0 Å². The van der Waals surface area contributed by atoms with E-state index in [0.29, 0.717) is 19.0 Å². The minimum Gasteiger partial charge on any atom is -0.486 e. The van der Waals surface area contributed by atoms with Gasteiger partial charge in [0.05, 0.1) is 11.0 Å². The standard InChI is InChI=1S/C23H26N4O3/c1-2-27-19-6-4-3-5-18(19)25-23(27)26-11-9-16(10-12-26)22(28)24-17-7-8-20-21(15-17)30-14-13-29-20/h3-8,15-16H,2,9-14H2,1H3,(H,24,28). The zero-order chi connectivity index (χ0) is 20.5. The van der Waals surface area contributed by atoms with Gasteiger partial charge in [-0.15, -0.1) is 0 Å². The lowest BCUT2D eigenvalue weighted by atomic mass is 9.96. The van der Waals surface area contributed by atoms with Crippen LogP contribution in [-0.4, -0.2) is 41.8 Å². The average molecular weight is 406 g/mol. The van der Waals surface area contributed by atoms with Gasteiger partial charge in [-0.1, -0.05) is 12.1 Å². The number of amides is 1. The molecule has 2 aliphatic heterocycles. The van der Waals surface area contributed by atoms with E-state index >= 15 is 0 Å². The van der Waals surface area contributed by atoms with Crippen LogP contribution in [0.3, 0.4) is 0 Å². The Morgan fingerprint density at radius 2 is 1.87 bits per heavy atom. The highest BCUT2D eigenvalue weighted by molar-refractivity contribution is 5.93. The number of carbonyl (C=O) groups is 1. The van der Waals surface area contributed by atoms with Crippen LogP contribution >= 0.6 is 0 Å². The number of rotatable bonds is 4. The van der Waals surface area contributed by atoms with Crippen molar-refractivity contribution in [3.8, 4) is 11.5 Å². The van der Waals surface area contributed by atoms with E-state index in [1.54, 1.807) is 0 Å². The molecule has 0 atom stereocenters. The predicted molar refractivity (Wildman–Crippen MR) is 116 cm³/mol. The molecule has 0 saturated carbocycles. The van der Waals surface area contributed by atoms with Crippen molar-refractivity contribution >= 4 is 28.6 Å². The monoisotopic (exact) mass is 406 g/mol. The number of aromatic nitrogens is 2. The highest BCUT2D eigenvalue weighted by Crippen LogP contribution is 2.33. The van der Waals surface area contributed by atoms with Crippen LogP contribution < -0.4 is 19.7 Å². The van der Waals surface area contributed by atoms with Gasteiger partial charge in [-0.3, -0.25) is 4.79 Å². The number of carbonyl (C=O) groups excluding carboxylic acids is 1. The molecule has 1 amide bonds. The normalized spacial score (nSPS) is 16.6.